The summed E-state index contributed by atoms with van der Waals surface area (Å²) in [5, 5.41) is 0. The second-order valence-corrected chi connectivity index (χ2v) is 22.0. The van der Waals surface area contributed by atoms with Gasteiger partial charge in [0.15, 0.2) is 0 Å². The van der Waals surface area contributed by atoms with Crippen molar-refractivity contribution in [1.82, 2.24) is 0 Å². The molecule has 0 radical (unpaired) electrons. The summed E-state index contributed by atoms with van der Waals surface area (Å²) in [6, 6.07) is 9.55. The molecule has 4 rings (SSSR count). The van der Waals surface area contributed by atoms with Crippen LogP contribution < -0.4 is 8.50 Å². The second kappa shape index (κ2) is 10.00. The minimum atomic E-state index is -3.12. The number of rotatable bonds is 5. The quantitative estimate of drug-likeness (QED) is 0.404. The van der Waals surface area contributed by atoms with Gasteiger partial charge in [-0.25, -0.2) is 0 Å². The van der Waals surface area contributed by atoms with Gasteiger partial charge in [0.1, 0.15) is 0 Å². The third-order valence-corrected chi connectivity index (χ3v) is 25.5. The zero-order valence-electron chi connectivity index (χ0n) is 17.5. The molecule has 3 aliphatic carbocycles. The van der Waals surface area contributed by atoms with E-state index in [1.807, 2.05) is 24.3 Å². The van der Waals surface area contributed by atoms with Crippen molar-refractivity contribution in [2.24, 2.45) is 0 Å². The molecular weight excluding hydrogens is 451 g/mol. The van der Waals surface area contributed by atoms with E-state index >= 15 is 0 Å². The van der Waals surface area contributed by atoms with Crippen LogP contribution in [-0.4, -0.2) is 18.8 Å². The predicted molar refractivity (Wildman–Crippen MR) is 120 cm³/mol. The monoisotopic (exact) mass is 490 g/mol. The molecule has 1 aromatic carbocycles. The van der Waals surface area contributed by atoms with Crippen molar-refractivity contribution >= 4 is 18.8 Å². The number of hydrogen-bond acceptors (Lipinski definition) is 2. The molecule has 0 unspecified atom stereocenters. The first-order valence-electron chi connectivity index (χ1n) is 12.1. The van der Waals surface area contributed by atoms with E-state index in [4.69, 9.17) is 3.07 Å². The van der Waals surface area contributed by atoms with E-state index in [9.17, 15) is 4.79 Å². The Hall–Kier alpha value is -0.511. The van der Waals surface area contributed by atoms with Crippen molar-refractivity contribution in [3.8, 4) is 5.75 Å². The van der Waals surface area contributed by atoms with E-state index in [2.05, 4.69) is 0 Å². The van der Waals surface area contributed by atoms with Crippen molar-refractivity contribution in [3.63, 3.8) is 0 Å². The van der Waals surface area contributed by atoms with Crippen LogP contribution in [0.25, 0.3) is 0 Å². The number of hydrogen-bond donors (Lipinski definition) is 0. The fourth-order valence-electron chi connectivity index (χ4n) is 6.70. The maximum atomic E-state index is 12.9. The van der Waals surface area contributed by atoms with Crippen LogP contribution >= 0.6 is 0 Å². The average Bonchev–Trinajstić information content (AvgIpc) is 2.98. The normalized spacial score (nSPS) is 23.4. The summed E-state index contributed by atoms with van der Waals surface area (Å²) >= 11 is -3.12. The standard InChI is InChI=1S/C7H6O2.3C6H11.Sn/c8-6-4-2-1-3-5-7(6)9;3*1-2-4-6-5-3-1;/h1-5H,(H,8,9);3*1H,2-6H2;/q;;;;+1/p-1. The van der Waals surface area contributed by atoms with Crippen LogP contribution in [0.2, 0.25) is 11.8 Å². The molecule has 0 aromatic heterocycles. The van der Waals surface area contributed by atoms with Crippen molar-refractivity contribution < 1.29 is 3.07 Å². The molecule has 3 heteroatoms. The van der Waals surface area contributed by atoms with Crippen molar-refractivity contribution in [2.75, 3.05) is 0 Å². The van der Waals surface area contributed by atoms with E-state index in [0.29, 0.717) is 5.75 Å². The molecule has 1 aromatic rings. The van der Waals surface area contributed by atoms with Crippen LogP contribution in [0.5, 0.6) is 5.75 Å². The van der Waals surface area contributed by atoms with Crippen LogP contribution in [0.1, 0.15) is 96.3 Å². The van der Waals surface area contributed by atoms with Gasteiger partial charge in [-0.05, 0) is 0 Å². The molecule has 0 N–H and O–H groups in total. The van der Waals surface area contributed by atoms with Crippen LogP contribution in [0.3, 0.4) is 0 Å². The molecule has 2 nitrogen and oxygen atoms in total. The fraction of sp³-hybridized carbons (Fsp3) is 0.720. The molecule has 0 aliphatic heterocycles. The van der Waals surface area contributed by atoms with Gasteiger partial charge in [0.2, 0.25) is 0 Å². The summed E-state index contributed by atoms with van der Waals surface area (Å²) in [5.41, 5.74) is 0.105. The molecule has 3 aliphatic rings. The van der Waals surface area contributed by atoms with E-state index in [-0.39, 0.29) is 5.43 Å². The Morgan fingerprint density at radius 1 is 0.607 bits per heavy atom. The van der Waals surface area contributed by atoms with E-state index in [0.717, 1.165) is 11.8 Å². The van der Waals surface area contributed by atoms with Gasteiger partial charge in [0.25, 0.3) is 0 Å². The maximum absolute atomic E-state index is 12.9. The van der Waals surface area contributed by atoms with Gasteiger partial charge >= 0.3 is 176 Å². The molecule has 0 spiro atoms. The molecular formula is C25H38O2Sn. The van der Waals surface area contributed by atoms with Gasteiger partial charge in [-0.15, -0.1) is 0 Å². The van der Waals surface area contributed by atoms with Crippen LogP contribution in [0.4, 0.5) is 0 Å². The molecule has 0 saturated heterocycles. The zero-order valence-corrected chi connectivity index (χ0v) is 20.4. The first-order valence-corrected chi connectivity index (χ1v) is 18.2. The SMILES string of the molecule is O=c1cccccc1[O][Sn]([CH]1CCCCC1)([CH]1CCCCC1)[CH]1CCCCC1. The molecule has 154 valence electrons. The van der Waals surface area contributed by atoms with Crippen LogP contribution in [0.15, 0.2) is 35.1 Å². The Labute approximate surface area is 175 Å². The third kappa shape index (κ3) is 4.47. The van der Waals surface area contributed by atoms with Gasteiger partial charge in [-0.1, -0.05) is 0 Å². The minimum absolute atomic E-state index is 0.105. The summed E-state index contributed by atoms with van der Waals surface area (Å²) in [6.07, 6.45) is 20.8. The van der Waals surface area contributed by atoms with Gasteiger partial charge in [0.05, 0.1) is 0 Å². The summed E-state index contributed by atoms with van der Waals surface area (Å²) in [4.78, 5) is 12.9. The summed E-state index contributed by atoms with van der Waals surface area (Å²) < 4.78 is 9.81. The summed E-state index contributed by atoms with van der Waals surface area (Å²) in [6.45, 7) is 0. The van der Waals surface area contributed by atoms with E-state index in [1.165, 1.54) is 96.3 Å². The van der Waals surface area contributed by atoms with E-state index in [1.54, 1.807) is 6.07 Å². The Morgan fingerprint density at radius 2 is 1.04 bits per heavy atom. The van der Waals surface area contributed by atoms with Gasteiger partial charge < -0.3 is 0 Å². The molecule has 0 atom stereocenters. The average molecular weight is 489 g/mol. The van der Waals surface area contributed by atoms with Crippen molar-refractivity contribution in [2.45, 2.75) is 108 Å². The van der Waals surface area contributed by atoms with Crippen LogP contribution in [0, 0.1) is 0 Å². The first-order chi connectivity index (χ1) is 13.8. The third-order valence-electron chi connectivity index (χ3n) is 7.98. The zero-order chi connectivity index (χ0) is 19.2. The molecule has 0 amide bonds. The van der Waals surface area contributed by atoms with Crippen molar-refractivity contribution in [1.29, 1.82) is 0 Å². The Bertz CT molecular complexity index is 625. The molecule has 0 heterocycles. The Balaban J connectivity index is 1.78. The Kier molecular flexibility index (Phi) is 7.41. The summed E-state index contributed by atoms with van der Waals surface area (Å²) in [5.74, 6) is 0.697. The molecule has 28 heavy (non-hydrogen) atoms. The van der Waals surface area contributed by atoms with Gasteiger partial charge in [0, 0.05) is 0 Å². The molecule has 0 bridgehead atoms. The van der Waals surface area contributed by atoms with E-state index < -0.39 is 18.8 Å². The van der Waals surface area contributed by atoms with Gasteiger partial charge in [-0.2, -0.15) is 0 Å². The molecule has 3 saturated carbocycles. The second-order valence-electron chi connectivity index (χ2n) is 9.60. The first kappa shape index (κ1) is 20.7. The topological polar surface area (TPSA) is 26.3 Å². The molecule has 3 fully saturated rings. The Morgan fingerprint density at radius 3 is 1.50 bits per heavy atom. The van der Waals surface area contributed by atoms with Crippen LogP contribution in [-0.2, 0) is 0 Å². The van der Waals surface area contributed by atoms with Gasteiger partial charge in [-0.3, -0.25) is 0 Å². The predicted octanol–water partition coefficient (Wildman–Crippen LogP) is 7.37. The fourth-order valence-corrected chi connectivity index (χ4v) is 26.6. The summed E-state index contributed by atoms with van der Waals surface area (Å²) in [7, 11) is 0. The van der Waals surface area contributed by atoms with Crippen molar-refractivity contribution in [3.05, 3.63) is 40.6 Å².